The lowest BCUT2D eigenvalue weighted by Gasteiger charge is -2.51. The molecule has 0 unspecified atom stereocenters. The van der Waals surface area contributed by atoms with Crippen molar-refractivity contribution >= 4 is 13.7 Å². The van der Waals surface area contributed by atoms with E-state index in [2.05, 4.69) is 127 Å². The van der Waals surface area contributed by atoms with Crippen LogP contribution in [-0.4, -0.2) is 55.1 Å². The van der Waals surface area contributed by atoms with Crippen molar-refractivity contribution < 1.29 is 0 Å². The van der Waals surface area contributed by atoms with Gasteiger partial charge in [0.05, 0.1) is 0 Å². The molecule has 0 amide bonds. The van der Waals surface area contributed by atoms with Crippen molar-refractivity contribution in [3.63, 3.8) is 0 Å². The van der Waals surface area contributed by atoms with Gasteiger partial charge in [0.1, 0.15) is 0 Å². The van der Waals surface area contributed by atoms with E-state index in [9.17, 15) is 0 Å². The number of hydrogen-bond donors (Lipinski definition) is 0. The van der Waals surface area contributed by atoms with Gasteiger partial charge in [-0.3, -0.25) is 0 Å². The van der Waals surface area contributed by atoms with E-state index in [1.807, 2.05) is 0 Å². The topological polar surface area (TPSA) is 13.0 Å². The van der Waals surface area contributed by atoms with Gasteiger partial charge < -0.3 is 19.2 Å². The van der Waals surface area contributed by atoms with Crippen molar-refractivity contribution in [2.45, 2.75) is 105 Å². The van der Waals surface area contributed by atoms with Gasteiger partial charge >= 0.3 is 13.7 Å². The lowest BCUT2D eigenvalue weighted by Crippen LogP contribution is -2.74. The van der Waals surface area contributed by atoms with E-state index in [0.29, 0.717) is 0 Å². The van der Waals surface area contributed by atoms with Gasteiger partial charge in [-0.15, -0.1) is 0 Å². The second kappa shape index (κ2) is 6.17. The molecule has 0 saturated heterocycles. The highest BCUT2D eigenvalue weighted by atomic mass is 15.4. The molecule has 0 aromatic carbocycles. The number of nitrogens with zero attached hydrogens (tertiary/aromatic N) is 4. The summed E-state index contributed by atoms with van der Waals surface area (Å²) in [6.07, 6.45) is 9.15. The Morgan fingerprint density at radius 2 is 0.538 bits per heavy atom. The van der Waals surface area contributed by atoms with Crippen LogP contribution in [0.1, 0.15) is 83.1 Å². The van der Waals surface area contributed by atoms with E-state index in [1.54, 1.807) is 0 Å². The predicted molar refractivity (Wildman–Crippen MR) is 116 cm³/mol. The van der Waals surface area contributed by atoms with Gasteiger partial charge in [-0.25, -0.2) is 0 Å². The zero-order valence-corrected chi connectivity index (χ0v) is 19.3. The van der Waals surface area contributed by atoms with E-state index in [1.165, 1.54) is 0 Å². The molecule has 0 spiro atoms. The molecule has 2 aliphatic rings. The van der Waals surface area contributed by atoms with E-state index in [-0.39, 0.29) is 35.9 Å². The van der Waals surface area contributed by atoms with Crippen molar-refractivity contribution in [1.29, 1.82) is 0 Å². The van der Waals surface area contributed by atoms with Crippen LogP contribution in [0.15, 0.2) is 24.8 Å². The minimum absolute atomic E-state index is 0.0524. The number of hydrogen-bond acceptors (Lipinski definition) is 4. The fourth-order valence-corrected chi connectivity index (χ4v) is 3.96. The monoisotopic (exact) mass is 358 g/mol. The van der Waals surface area contributed by atoms with Crippen LogP contribution in [0, 0.1) is 0 Å². The molecule has 0 bridgehead atoms. The van der Waals surface area contributed by atoms with Crippen LogP contribution < -0.4 is 0 Å². The third-order valence-electron chi connectivity index (χ3n) is 5.28. The van der Waals surface area contributed by atoms with Crippen molar-refractivity contribution in [3.05, 3.63) is 24.8 Å². The maximum atomic E-state index is 2.54. The van der Waals surface area contributed by atoms with Crippen LogP contribution in [0.25, 0.3) is 0 Å². The molecule has 0 aromatic rings. The van der Waals surface area contributed by atoms with E-state index in [4.69, 9.17) is 0 Å². The fraction of sp³-hybridized carbons (Fsp3) is 0.800. The molecule has 6 heteroatoms. The maximum Gasteiger partial charge on any atom is 0.391 e. The highest BCUT2D eigenvalue weighted by molar-refractivity contribution is 7.18. The Morgan fingerprint density at radius 3 is 0.654 bits per heavy atom. The first-order valence-corrected chi connectivity index (χ1v) is 9.96. The van der Waals surface area contributed by atoms with Crippen LogP contribution in [0.4, 0.5) is 0 Å². The summed E-state index contributed by atoms with van der Waals surface area (Å²) in [5, 5.41) is 0. The van der Waals surface area contributed by atoms with Crippen LogP contribution >= 0.6 is 0 Å². The van der Waals surface area contributed by atoms with Crippen molar-refractivity contribution in [1.82, 2.24) is 19.2 Å². The Kier molecular flexibility index (Phi) is 5.01. The Morgan fingerprint density at radius 1 is 0.385 bits per heavy atom. The van der Waals surface area contributed by atoms with Crippen molar-refractivity contribution in [2.75, 3.05) is 0 Å². The normalized spacial score (nSPS) is 19.5. The third kappa shape index (κ3) is 3.89. The van der Waals surface area contributed by atoms with Gasteiger partial charge in [0.2, 0.25) is 0 Å². The minimum Gasteiger partial charge on any atom is -0.399 e. The SMILES string of the molecule is CC(C)(C)N1C=CN(C(C)(C)C)B1B1N(C(C)(C)C)C=CN1C(C)(C)C. The third-order valence-corrected chi connectivity index (χ3v) is 5.28. The molecular weight excluding hydrogens is 318 g/mol. The summed E-state index contributed by atoms with van der Waals surface area (Å²) in [7, 11) is 0. The maximum absolute atomic E-state index is 2.54. The average molecular weight is 358 g/mol. The Bertz CT molecular complexity index is 473. The van der Waals surface area contributed by atoms with Gasteiger partial charge in [-0.2, -0.15) is 0 Å². The first-order valence-electron chi connectivity index (χ1n) is 9.96. The molecule has 4 nitrogen and oxygen atoms in total. The lowest BCUT2D eigenvalue weighted by atomic mass is 9.29. The molecule has 0 fully saturated rings. The largest absolute Gasteiger partial charge is 0.399 e. The van der Waals surface area contributed by atoms with Crippen LogP contribution in [0.5, 0.6) is 0 Å². The predicted octanol–water partition coefficient (Wildman–Crippen LogP) is 4.41. The molecular formula is C20H40B2N4. The summed E-state index contributed by atoms with van der Waals surface area (Å²) in [5.41, 5.74) is 0.210. The standard InChI is InChI=1S/C20H40B2N4/c1-17(2,3)23-13-14-24(18(4,5)6)21(23)22-25(19(7,8)9)15-16-26(22)20(10,11)12/h13-16H,1-12H3. The lowest BCUT2D eigenvalue weighted by molar-refractivity contribution is 0.261. The molecule has 0 N–H and O–H groups in total. The molecule has 0 aromatic heterocycles. The molecule has 146 valence electrons. The van der Waals surface area contributed by atoms with Gasteiger partial charge in [-0.05, 0) is 83.1 Å². The van der Waals surface area contributed by atoms with Crippen molar-refractivity contribution in [2.24, 2.45) is 0 Å². The zero-order valence-electron chi connectivity index (χ0n) is 19.3. The molecule has 0 radical (unpaired) electrons. The first kappa shape index (κ1) is 21.1. The molecule has 2 heterocycles. The first-order chi connectivity index (χ1) is 11.5. The van der Waals surface area contributed by atoms with E-state index in [0.717, 1.165) is 0 Å². The van der Waals surface area contributed by atoms with Gasteiger partial charge in [0.15, 0.2) is 0 Å². The molecule has 2 rings (SSSR count). The molecule has 0 atom stereocenters. The molecule has 0 aliphatic carbocycles. The highest BCUT2D eigenvalue weighted by Crippen LogP contribution is 2.37. The van der Waals surface area contributed by atoms with Crippen LogP contribution in [0.2, 0.25) is 0 Å². The number of rotatable bonds is 1. The Hall–Kier alpha value is -1.19. The summed E-state index contributed by atoms with van der Waals surface area (Å²) < 4.78 is 0. The van der Waals surface area contributed by atoms with E-state index >= 15 is 0 Å². The summed E-state index contributed by atoms with van der Waals surface area (Å²) in [6, 6.07) is 0. The quantitative estimate of drug-likeness (QED) is 0.644. The summed E-state index contributed by atoms with van der Waals surface area (Å²) in [5.74, 6) is 0. The second-order valence-corrected chi connectivity index (χ2v) is 11.7. The minimum atomic E-state index is 0.0524. The fourth-order valence-electron chi connectivity index (χ4n) is 3.96. The van der Waals surface area contributed by atoms with E-state index < -0.39 is 0 Å². The average Bonchev–Trinajstić information content (AvgIpc) is 2.99. The molecule has 26 heavy (non-hydrogen) atoms. The second-order valence-electron chi connectivity index (χ2n) is 11.7. The van der Waals surface area contributed by atoms with Gasteiger partial charge in [-0.1, -0.05) is 0 Å². The summed E-state index contributed by atoms with van der Waals surface area (Å²) >= 11 is 0. The summed E-state index contributed by atoms with van der Waals surface area (Å²) in [6.45, 7) is 28.2. The highest BCUT2D eigenvalue weighted by Gasteiger charge is 2.58. The zero-order chi connectivity index (χ0) is 20.3. The van der Waals surface area contributed by atoms with Gasteiger partial charge in [0, 0.05) is 47.0 Å². The van der Waals surface area contributed by atoms with Crippen LogP contribution in [-0.2, 0) is 0 Å². The smallest absolute Gasteiger partial charge is 0.391 e. The van der Waals surface area contributed by atoms with Crippen LogP contribution in [0.3, 0.4) is 0 Å². The molecule has 2 aliphatic heterocycles. The molecule has 0 saturated carbocycles. The Balaban J connectivity index is 2.58. The van der Waals surface area contributed by atoms with Gasteiger partial charge in [0.25, 0.3) is 0 Å². The Labute approximate surface area is 163 Å². The summed E-state index contributed by atoms with van der Waals surface area (Å²) in [4.78, 5) is 10.1. The van der Waals surface area contributed by atoms with Crippen molar-refractivity contribution in [3.8, 4) is 0 Å².